The smallest absolute Gasteiger partial charge is 0.266 e. The van der Waals surface area contributed by atoms with Crippen LogP contribution in [0, 0.1) is 0 Å². The number of benzene rings is 1. The normalized spacial score (nSPS) is 13.4. The van der Waals surface area contributed by atoms with Crippen molar-refractivity contribution < 1.29 is 9.59 Å². The second kappa shape index (κ2) is 6.52. The minimum Gasteiger partial charge on any atom is -0.266 e. The predicted molar refractivity (Wildman–Crippen MR) is 94.8 cm³/mol. The Morgan fingerprint density at radius 2 is 1.80 bits per heavy atom. The van der Waals surface area contributed by atoms with Gasteiger partial charge in [0.15, 0.2) is 0 Å². The summed E-state index contributed by atoms with van der Waals surface area (Å²) in [5.74, 6) is -0.304. The number of nitrogens with one attached hydrogen (secondary N) is 2. The molecule has 0 radical (unpaired) electrons. The maximum absolute atomic E-state index is 12.6. The average Bonchev–Trinajstić information content (AvgIpc) is 3.17. The number of hydrazine groups is 1. The molecule has 4 rings (SSSR count). The van der Waals surface area contributed by atoms with Crippen LogP contribution in [0.1, 0.15) is 44.6 Å². The molecule has 6 nitrogen and oxygen atoms in total. The van der Waals surface area contributed by atoms with Crippen LogP contribution >= 0.6 is 11.3 Å². The fourth-order valence-corrected chi connectivity index (χ4v) is 3.17. The number of amides is 2. The molecule has 0 spiro atoms. The van der Waals surface area contributed by atoms with E-state index in [1.54, 1.807) is 22.9 Å². The van der Waals surface area contributed by atoms with Crippen LogP contribution in [-0.2, 0) is 0 Å². The Bertz CT molecular complexity index is 899. The highest BCUT2D eigenvalue weighted by molar-refractivity contribution is 7.12. The van der Waals surface area contributed by atoms with Crippen molar-refractivity contribution in [3.63, 3.8) is 0 Å². The van der Waals surface area contributed by atoms with Gasteiger partial charge in [-0.05, 0) is 42.5 Å². The maximum atomic E-state index is 12.6. The molecule has 0 atom stereocenters. The van der Waals surface area contributed by atoms with Crippen molar-refractivity contribution in [3.8, 4) is 5.69 Å². The molecule has 0 bridgehead atoms. The van der Waals surface area contributed by atoms with Crippen molar-refractivity contribution in [3.05, 3.63) is 70.2 Å². The van der Waals surface area contributed by atoms with Gasteiger partial charge in [0.05, 0.1) is 16.3 Å². The Balaban J connectivity index is 1.56. The van der Waals surface area contributed by atoms with Crippen LogP contribution < -0.4 is 10.9 Å². The fraction of sp³-hybridized carbons (Fsp3) is 0.167. The quantitative estimate of drug-likeness (QED) is 0.709. The van der Waals surface area contributed by atoms with E-state index in [1.807, 2.05) is 35.7 Å². The molecule has 2 amide bonds. The van der Waals surface area contributed by atoms with E-state index in [2.05, 4.69) is 16.0 Å². The summed E-state index contributed by atoms with van der Waals surface area (Å²) >= 11 is 1.31. The van der Waals surface area contributed by atoms with Gasteiger partial charge in [-0.2, -0.15) is 5.10 Å². The Hall–Kier alpha value is -2.93. The van der Waals surface area contributed by atoms with Gasteiger partial charge in [0.1, 0.15) is 5.69 Å². The molecule has 1 saturated carbocycles. The molecule has 7 heteroatoms. The van der Waals surface area contributed by atoms with Gasteiger partial charge in [-0.15, -0.1) is 11.3 Å². The maximum Gasteiger partial charge on any atom is 0.288 e. The van der Waals surface area contributed by atoms with Crippen LogP contribution in [0.4, 0.5) is 0 Å². The summed E-state index contributed by atoms with van der Waals surface area (Å²) in [6.07, 6.45) is 2.20. The molecule has 2 aromatic heterocycles. The molecule has 1 aliphatic rings. The monoisotopic (exact) mass is 352 g/mol. The highest BCUT2D eigenvalue weighted by Gasteiger charge is 2.29. The topological polar surface area (TPSA) is 76.0 Å². The second-order valence-electron chi connectivity index (χ2n) is 5.86. The first-order valence-electron chi connectivity index (χ1n) is 8.02. The Kier molecular flexibility index (Phi) is 4.07. The number of para-hydroxylation sites is 1. The molecule has 2 heterocycles. The first-order chi connectivity index (χ1) is 12.2. The van der Waals surface area contributed by atoms with E-state index >= 15 is 0 Å². The van der Waals surface area contributed by atoms with Crippen LogP contribution in [0.3, 0.4) is 0 Å². The van der Waals surface area contributed by atoms with E-state index < -0.39 is 5.91 Å². The van der Waals surface area contributed by atoms with Gasteiger partial charge in [-0.1, -0.05) is 24.3 Å². The van der Waals surface area contributed by atoms with E-state index in [0.717, 1.165) is 24.2 Å². The van der Waals surface area contributed by atoms with Gasteiger partial charge in [-0.25, -0.2) is 4.68 Å². The lowest BCUT2D eigenvalue weighted by Crippen LogP contribution is -2.42. The zero-order chi connectivity index (χ0) is 17.2. The Labute approximate surface area is 148 Å². The lowest BCUT2D eigenvalue weighted by atomic mass is 10.2. The molecule has 0 aliphatic heterocycles. The van der Waals surface area contributed by atoms with Crippen LogP contribution in [0.2, 0.25) is 0 Å². The third-order valence-corrected chi connectivity index (χ3v) is 4.86. The van der Waals surface area contributed by atoms with Gasteiger partial charge in [0.25, 0.3) is 11.8 Å². The van der Waals surface area contributed by atoms with E-state index in [4.69, 9.17) is 0 Å². The number of thiophene rings is 1. The number of hydrogen-bond donors (Lipinski definition) is 2. The number of aromatic nitrogens is 2. The lowest BCUT2D eigenvalue weighted by Gasteiger charge is -2.08. The zero-order valence-corrected chi connectivity index (χ0v) is 14.1. The van der Waals surface area contributed by atoms with Gasteiger partial charge >= 0.3 is 0 Å². The van der Waals surface area contributed by atoms with Gasteiger partial charge < -0.3 is 0 Å². The summed E-state index contributed by atoms with van der Waals surface area (Å²) in [6.45, 7) is 0. The fourth-order valence-electron chi connectivity index (χ4n) is 2.55. The zero-order valence-electron chi connectivity index (χ0n) is 13.3. The Morgan fingerprint density at radius 3 is 2.48 bits per heavy atom. The van der Waals surface area contributed by atoms with Crippen molar-refractivity contribution in [2.45, 2.75) is 18.8 Å². The van der Waals surface area contributed by atoms with E-state index in [9.17, 15) is 9.59 Å². The Morgan fingerprint density at radius 1 is 1.04 bits per heavy atom. The molecule has 1 aromatic carbocycles. The summed E-state index contributed by atoms with van der Waals surface area (Å²) in [4.78, 5) is 25.1. The van der Waals surface area contributed by atoms with Crippen molar-refractivity contribution in [1.82, 2.24) is 20.6 Å². The van der Waals surface area contributed by atoms with Gasteiger partial charge in [0, 0.05) is 5.92 Å². The van der Waals surface area contributed by atoms with Gasteiger partial charge in [0.2, 0.25) is 0 Å². The predicted octanol–water partition coefficient (Wildman–Crippen LogP) is 2.89. The molecule has 1 aliphatic carbocycles. The minimum atomic E-state index is -0.395. The number of nitrogens with zero attached hydrogens (tertiary/aromatic N) is 2. The number of hydrogen-bond acceptors (Lipinski definition) is 4. The molecular formula is C18H16N4O2S. The first kappa shape index (κ1) is 15.6. The van der Waals surface area contributed by atoms with Crippen LogP contribution in [0.5, 0.6) is 0 Å². The minimum absolute atomic E-state index is 0.337. The standard InChI is InChI=1S/C18H16N4O2S/c23-17(19-20-18(24)16-7-4-10-25-16)15-11-14(12-8-9-12)21-22(15)13-5-2-1-3-6-13/h1-7,10-12H,8-9H2,(H,19,23)(H,20,24). The molecule has 3 aromatic rings. The van der Waals surface area contributed by atoms with Crippen LogP contribution in [0.25, 0.3) is 5.69 Å². The summed E-state index contributed by atoms with van der Waals surface area (Å²) < 4.78 is 1.63. The third kappa shape index (κ3) is 3.32. The molecule has 2 N–H and O–H groups in total. The number of carbonyl (C=O) groups is 2. The molecule has 0 unspecified atom stereocenters. The van der Waals surface area contributed by atoms with Crippen molar-refractivity contribution in [2.24, 2.45) is 0 Å². The van der Waals surface area contributed by atoms with E-state index in [1.165, 1.54) is 11.3 Å². The van der Waals surface area contributed by atoms with Crippen molar-refractivity contribution in [1.29, 1.82) is 0 Å². The van der Waals surface area contributed by atoms with Crippen LogP contribution in [-0.4, -0.2) is 21.6 Å². The molecule has 0 saturated heterocycles. The molecule has 126 valence electrons. The highest BCUT2D eigenvalue weighted by Crippen LogP contribution is 2.39. The molecule has 25 heavy (non-hydrogen) atoms. The molecule has 1 fully saturated rings. The SMILES string of the molecule is O=C(NNC(=O)c1cc(C2CC2)nn1-c1ccccc1)c1cccs1. The summed E-state index contributed by atoms with van der Waals surface area (Å²) in [5.41, 5.74) is 7.05. The lowest BCUT2D eigenvalue weighted by molar-refractivity contribution is 0.0844. The number of rotatable bonds is 4. The van der Waals surface area contributed by atoms with Crippen molar-refractivity contribution in [2.75, 3.05) is 0 Å². The van der Waals surface area contributed by atoms with Gasteiger partial charge in [-0.3, -0.25) is 20.4 Å². The first-order valence-corrected chi connectivity index (χ1v) is 8.90. The summed E-state index contributed by atoms with van der Waals surface area (Å²) in [7, 11) is 0. The van der Waals surface area contributed by atoms with E-state index in [0.29, 0.717) is 16.5 Å². The second-order valence-corrected chi connectivity index (χ2v) is 6.81. The molecular weight excluding hydrogens is 336 g/mol. The summed E-state index contributed by atoms with van der Waals surface area (Å²) in [5, 5.41) is 6.39. The highest BCUT2D eigenvalue weighted by atomic mass is 32.1. The summed E-state index contributed by atoms with van der Waals surface area (Å²) in [6, 6.07) is 14.8. The largest absolute Gasteiger partial charge is 0.288 e. The van der Waals surface area contributed by atoms with Crippen LogP contribution in [0.15, 0.2) is 53.9 Å². The third-order valence-electron chi connectivity index (χ3n) is 3.99. The van der Waals surface area contributed by atoms with E-state index in [-0.39, 0.29) is 5.91 Å². The number of carbonyl (C=O) groups excluding carboxylic acids is 2. The average molecular weight is 352 g/mol. The van der Waals surface area contributed by atoms with Crippen molar-refractivity contribution >= 4 is 23.2 Å².